The minimum absolute atomic E-state index is 0.195. The third-order valence-corrected chi connectivity index (χ3v) is 6.76. The number of hydrogen-bond acceptors (Lipinski definition) is 6. The van der Waals surface area contributed by atoms with Crippen LogP contribution in [0.5, 0.6) is 5.75 Å². The molecule has 37 heavy (non-hydrogen) atoms. The number of halogens is 1. The van der Waals surface area contributed by atoms with Gasteiger partial charge in [-0.2, -0.15) is 0 Å². The molecule has 6 nitrogen and oxygen atoms in total. The minimum atomic E-state index is -0.295. The fourth-order valence-corrected chi connectivity index (χ4v) is 4.84. The summed E-state index contributed by atoms with van der Waals surface area (Å²) in [4.78, 5) is 18.5. The molecule has 2 heterocycles. The van der Waals surface area contributed by atoms with Crippen molar-refractivity contribution in [2.45, 2.75) is 25.3 Å². The molecule has 0 saturated heterocycles. The smallest absolute Gasteiger partial charge is 0.257 e. The highest BCUT2D eigenvalue weighted by atomic mass is 32.2. The Labute approximate surface area is 225 Å². The standard InChI is InChI=1S/C28H29FN4O2S2/c1-17-6-22(13-23(7-17)32-37-5)31-28(34)20-11-25(33(3)15-20)27-26(8-18(2)14-30-27)35-16-19-9-21(29)12-24(10-19)36-4/h6-15,32H,16H2,1-5H3,(H,31,34). The maximum absolute atomic E-state index is 14.0. The number of aryl methyl sites for hydroxylation is 3. The van der Waals surface area contributed by atoms with Crippen LogP contribution in [0.2, 0.25) is 0 Å². The number of aromatic nitrogens is 2. The van der Waals surface area contributed by atoms with Crippen LogP contribution in [-0.2, 0) is 13.7 Å². The van der Waals surface area contributed by atoms with Crippen LogP contribution < -0.4 is 14.8 Å². The zero-order valence-corrected chi connectivity index (χ0v) is 23.0. The number of thioether (sulfide) groups is 1. The van der Waals surface area contributed by atoms with Crippen molar-refractivity contribution in [1.29, 1.82) is 0 Å². The summed E-state index contributed by atoms with van der Waals surface area (Å²) in [7, 11) is 1.86. The largest absolute Gasteiger partial charge is 0.487 e. The first-order valence-corrected chi connectivity index (χ1v) is 14.0. The SMILES string of the molecule is CSNc1cc(C)cc(NC(=O)c2cc(-c3ncc(C)cc3OCc3cc(F)cc(SC)c3)n(C)c2)c1. The second-order valence-electron chi connectivity index (χ2n) is 8.72. The fourth-order valence-electron chi connectivity index (χ4n) is 3.99. The molecule has 0 radical (unpaired) electrons. The molecule has 192 valence electrons. The summed E-state index contributed by atoms with van der Waals surface area (Å²) >= 11 is 2.97. The average molecular weight is 537 g/mol. The summed E-state index contributed by atoms with van der Waals surface area (Å²) in [5, 5.41) is 2.99. The number of anilines is 2. The van der Waals surface area contributed by atoms with Gasteiger partial charge >= 0.3 is 0 Å². The molecule has 0 bridgehead atoms. The third-order valence-electron chi connectivity index (χ3n) is 5.62. The number of nitrogens with one attached hydrogen (secondary N) is 2. The minimum Gasteiger partial charge on any atom is -0.487 e. The molecule has 0 unspecified atom stereocenters. The number of ether oxygens (including phenoxy) is 1. The number of hydrogen-bond donors (Lipinski definition) is 2. The van der Waals surface area contributed by atoms with E-state index in [4.69, 9.17) is 4.74 Å². The molecule has 1 amide bonds. The van der Waals surface area contributed by atoms with E-state index in [0.717, 1.165) is 33.0 Å². The van der Waals surface area contributed by atoms with Crippen molar-refractivity contribution in [3.8, 4) is 17.1 Å². The van der Waals surface area contributed by atoms with Crippen molar-refractivity contribution >= 4 is 41.0 Å². The Morgan fingerprint density at radius 3 is 2.57 bits per heavy atom. The molecule has 0 saturated carbocycles. The van der Waals surface area contributed by atoms with Crippen molar-refractivity contribution in [3.05, 3.63) is 89.0 Å². The van der Waals surface area contributed by atoms with E-state index in [-0.39, 0.29) is 18.3 Å². The monoisotopic (exact) mass is 536 g/mol. The third kappa shape index (κ3) is 6.67. The van der Waals surface area contributed by atoms with Gasteiger partial charge in [-0.1, -0.05) is 11.9 Å². The summed E-state index contributed by atoms with van der Waals surface area (Å²) < 4.78 is 25.2. The van der Waals surface area contributed by atoms with Crippen LogP contribution in [0.25, 0.3) is 11.4 Å². The summed E-state index contributed by atoms with van der Waals surface area (Å²) in [6.07, 6.45) is 7.38. The Kier molecular flexibility index (Phi) is 8.45. The Morgan fingerprint density at radius 2 is 1.81 bits per heavy atom. The summed E-state index contributed by atoms with van der Waals surface area (Å²) in [6, 6.07) is 14.4. The lowest BCUT2D eigenvalue weighted by Crippen LogP contribution is -2.11. The van der Waals surface area contributed by atoms with Gasteiger partial charge in [-0.3, -0.25) is 9.78 Å². The number of benzene rings is 2. The van der Waals surface area contributed by atoms with Crippen molar-refractivity contribution in [2.24, 2.45) is 7.05 Å². The molecule has 0 aliphatic rings. The van der Waals surface area contributed by atoms with E-state index < -0.39 is 0 Å². The van der Waals surface area contributed by atoms with Crippen molar-refractivity contribution < 1.29 is 13.9 Å². The molecule has 4 rings (SSSR count). The second-order valence-corrected chi connectivity index (χ2v) is 10.2. The summed E-state index contributed by atoms with van der Waals surface area (Å²) in [5.74, 6) is 0.0483. The van der Waals surface area contributed by atoms with Gasteiger partial charge in [0, 0.05) is 42.0 Å². The van der Waals surface area contributed by atoms with Crippen LogP contribution in [0.15, 0.2) is 65.8 Å². The van der Waals surface area contributed by atoms with E-state index in [9.17, 15) is 9.18 Å². The molecule has 0 aliphatic heterocycles. The molecule has 4 aromatic rings. The van der Waals surface area contributed by atoms with E-state index in [1.165, 1.54) is 35.8 Å². The van der Waals surface area contributed by atoms with Crippen LogP contribution in [0, 0.1) is 19.7 Å². The molecular weight excluding hydrogens is 507 g/mol. The first-order chi connectivity index (χ1) is 17.7. The van der Waals surface area contributed by atoms with Crippen LogP contribution >= 0.6 is 23.7 Å². The predicted octanol–water partition coefficient (Wildman–Crippen LogP) is 7.09. The first-order valence-electron chi connectivity index (χ1n) is 11.6. The number of rotatable bonds is 9. The normalized spacial score (nSPS) is 10.9. The van der Waals surface area contributed by atoms with Crippen LogP contribution in [0.1, 0.15) is 27.0 Å². The molecule has 0 aliphatic carbocycles. The molecule has 9 heteroatoms. The van der Waals surface area contributed by atoms with Gasteiger partial charge in [0.2, 0.25) is 0 Å². The highest BCUT2D eigenvalue weighted by Crippen LogP contribution is 2.31. The number of carbonyl (C=O) groups is 1. The average Bonchev–Trinajstić information content (AvgIpc) is 3.23. The molecule has 2 N–H and O–H groups in total. The van der Waals surface area contributed by atoms with E-state index >= 15 is 0 Å². The topological polar surface area (TPSA) is 68.2 Å². The van der Waals surface area contributed by atoms with Gasteiger partial charge in [-0.05, 0) is 85.3 Å². The summed E-state index contributed by atoms with van der Waals surface area (Å²) in [6.45, 7) is 4.11. The fraction of sp³-hybridized carbons (Fsp3) is 0.214. The van der Waals surface area contributed by atoms with Gasteiger partial charge in [0.25, 0.3) is 5.91 Å². The Hall–Kier alpha value is -3.43. The number of carbonyl (C=O) groups excluding carboxylic acids is 1. The molecule has 2 aromatic heterocycles. The lowest BCUT2D eigenvalue weighted by Gasteiger charge is -2.13. The lowest BCUT2D eigenvalue weighted by molar-refractivity contribution is 0.102. The van der Waals surface area contributed by atoms with E-state index in [2.05, 4.69) is 15.0 Å². The van der Waals surface area contributed by atoms with Gasteiger partial charge in [0.05, 0.1) is 11.3 Å². The van der Waals surface area contributed by atoms with Gasteiger partial charge in [-0.25, -0.2) is 4.39 Å². The quantitative estimate of drug-likeness (QED) is 0.176. The molecule has 0 fully saturated rings. The van der Waals surface area contributed by atoms with Gasteiger partial charge < -0.3 is 19.3 Å². The molecule has 2 aromatic carbocycles. The molecule has 0 spiro atoms. The number of amides is 1. The Balaban J connectivity index is 1.58. The zero-order valence-electron chi connectivity index (χ0n) is 21.4. The van der Waals surface area contributed by atoms with Crippen LogP contribution in [0.4, 0.5) is 15.8 Å². The van der Waals surface area contributed by atoms with Crippen molar-refractivity contribution in [2.75, 3.05) is 22.6 Å². The number of pyridine rings is 1. The Bertz CT molecular complexity index is 1440. The van der Waals surface area contributed by atoms with Crippen LogP contribution in [0.3, 0.4) is 0 Å². The van der Waals surface area contributed by atoms with Gasteiger partial charge in [0.15, 0.2) is 0 Å². The summed E-state index contributed by atoms with van der Waals surface area (Å²) in [5.41, 5.74) is 6.18. The molecular formula is C28H29FN4O2S2. The number of nitrogens with zero attached hydrogens (tertiary/aromatic N) is 2. The van der Waals surface area contributed by atoms with Crippen molar-refractivity contribution in [1.82, 2.24) is 9.55 Å². The maximum atomic E-state index is 14.0. The van der Waals surface area contributed by atoms with E-state index in [0.29, 0.717) is 22.7 Å². The Morgan fingerprint density at radius 1 is 1.03 bits per heavy atom. The van der Waals surface area contributed by atoms with E-state index in [1.807, 2.05) is 68.3 Å². The zero-order chi connectivity index (χ0) is 26.5. The highest BCUT2D eigenvalue weighted by molar-refractivity contribution is 7.99. The maximum Gasteiger partial charge on any atom is 0.257 e. The van der Waals surface area contributed by atoms with Gasteiger partial charge in [0.1, 0.15) is 23.9 Å². The molecule has 0 atom stereocenters. The predicted molar refractivity (Wildman–Crippen MR) is 152 cm³/mol. The van der Waals surface area contributed by atoms with Crippen molar-refractivity contribution in [3.63, 3.8) is 0 Å². The second kappa shape index (κ2) is 11.7. The van der Waals surface area contributed by atoms with Gasteiger partial charge in [-0.15, -0.1) is 11.8 Å². The van der Waals surface area contributed by atoms with E-state index in [1.54, 1.807) is 18.5 Å². The first kappa shape index (κ1) is 26.6. The van der Waals surface area contributed by atoms with Crippen LogP contribution in [-0.4, -0.2) is 28.0 Å². The lowest BCUT2D eigenvalue weighted by atomic mass is 10.1. The highest BCUT2D eigenvalue weighted by Gasteiger charge is 2.17.